The van der Waals surface area contributed by atoms with E-state index in [1.165, 1.54) is 11.6 Å². The zero-order chi connectivity index (χ0) is 15.5. The van der Waals surface area contributed by atoms with E-state index in [-0.39, 0.29) is 5.91 Å². The van der Waals surface area contributed by atoms with Crippen LogP contribution in [0.3, 0.4) is 0 Å². The van der Waals surface area contributed by atoms with Crippen LogP contribution in [0.15, 0.2) is 64.3 Å². The fourth-order valence-corrected chi connectivity index (χ4v) is 2.29. The highest BCUT2D eigenvalue weighted by atomic mass is 16.3. The van der Waals surface area contributed by atoms with Gasteiger partial charge in [-0.05, 0) is 42.3 Å². The number of rotatable bonds is 3. The first-order valence-electron chi connectivity index (χ1n) is 7.03. The topological polar surface area (TPSA) is 54.6 Å². The highest BCUT2D eigenvalue weighted by Crippen LogP contribution is 2.16. The summed E-state index contributed by atoms with van der Waals surface area (Å²) in [4.78, 5) is 12.0. The van der Waals surface area contributed by atoms with E-state index in [9.17, 15) is 4.79 Å². The second kappa shape index (κ2) is 5.85. The minimum atomic E-state index is -0.272. The molecule has 0 aliphatic rings. The molecule has 4 heteroatoms. The molecule has 1 amide bonds. The Morgan fingerprint density at radius 3 is 2.59 bits per heavy atom. The Morgan fingerprint density at radius 1 is 1.09 bits per heavy atom. The van der Waals surface area contributed by atoms with Gasteiger partial charge >= 0.3 is 0 Å². The normalized spacial score (nSPS) is 11.6. The van der Waals surface area contributed by atoms with Gasteiger partial charge in [-0.15, -0.1) is 0 Å². The molecule has 22 heavy (non-hydrogen) atoms. The third-order valence-corrected chi connectivity index (χ3v) is 3.60. The van der Waals surface area contributed by atoms with Crippen molar-refractivity contribution < 1.29 is 9.21 Å². The third-order valence-electron chi connectivity index (χ3n) is 3.60. The highest BCUT2D eigenvalue weighted by molar-refractivity contribution is 6.03. The lowest BCUT2D eigenvalue weighted by Crippen LogP contribution is -2.19. The van der Waals surface area contributed by atoms with Crippen LogP contribution in [-0.4, -0.2) is 11.6 Å². The number of furan rings is 1. The number of hydrazone groups is 1. The lowest BCUT2D eigenvalue weighted by molar-refractivity contribution is 0.0953. The van der Waals surface area contributed by atoms with E-state index in [2.05, 4.69) is 28.7 Å². The first kappa shape index (κ1) is 14.1. The van der Waals surface area contributed by atoms with Gasteiger partial charge < -0.3 is 4.42 Å². The van der Waals surface area contributed by atoms with E-state index < -0.39 is 0 Å². The predicted octanol–water partition coefficient (Wildman–Crippen LogP) is 3.90. The molecule has 0 spiro atoms. The molecule has 0 bridgehead atoms. The van der Waals surface area contributed by atoms with Gasteiger partial charge in [-0.1, -0.05) is 36.4 Å². The number of benzene rings is 2. The van der Waals surface area contributed by atoms with Gasteiger partial charge in [0.1, 0.15) is 5.76 Å². The number of nitrogens with one attached hydrogen (secondary N) is 1. The zero-order valence-electron chi connectivity index (χ0n) is 12.5. The van der Waals surface area contributed by atoms with Gasteiger partial charge in [-0.2, -0.15) is 5.10 Å². The molecule has 0 radical (unpaired) electrons. The monoisotopic (exact) mass is 292 g/mol. The van der Waals surface area contributed by atoms with Crippen molar-refractivity contribution >= 4 is 22.4 Å². The van der Waals surface area contributed by atoms with Gasteiger partial charge in [0.2, 0.25) is 0 Å². The van der Waals surface area contributed by atoms with Crippen LogP contribution in [-0.2, 0) is 0 Å². The number of fused-ring (bicyclic) bond motifs is 1. The number of hydrogen-bond acceptors (Lipinski definition) is 3. The summed E-state index contributed by atoms with van der Waals surface area (Å²) in [5.74, 6) is 0.308. The smallest absolute Gasteiger partial charge is 0.274 e. The molecule has 1 N–H and O–H groups in total. The van der Waals surface area contributed by atoms with Crippen molar-refractivity contribution in [1.82, 2.24) is 5.43 Å². The van der Waals surface area contributed by atoms with Crippen LogP contribution >= 0.6 is 0 Å². The second-order valence-corrected chi connectivity index (χ2v) is 5.09. The average Bonchev–Trinajstić information content (AvgIpc) is 2.98. The molecule has 110 valence electrons. The van der Waals surface area contributed by atoms with Gasteiger partial charge in [-0.25, -0.2) is 5.43 Å². The maximum absolute atomic E-state index is 12.0. The minimum absolute atomic E-state index is 0.272. The summed E-state index contributed by atoms with van der Waals surface area (Å²) in [7, 11) is 0. The maximum atomic E-state index is 12.0. The number of amides is 1. The Labute approximate surface area is 128 Å². The van der Waals surface area contributed by atoms with Gasteiger partial charge in [0.25, 0.3) is 5.91 Å². The number of carbonyl (C=O) groups is 1. The molecule has 0 atom stereocenters. The Morgan fingerprint density at radius 2 is 1.86 bits per heavy atom. The van der Waals surface area contributed by atoms with Crippen LogP contribution in [0.5, 0.6) is 0 Å². The first-order valence-corrected chi connectivity index (χ1v) is 7.03. The van der Waals surface area contributed by atoms with Gasteiger partial charge in [0.15, 0.2) is 0 Å². The fourth-order valence-electron chi connectivity index (χ4n) is 2.29. The lowest BCUT2D eigenvalue weighted by atomic mass is 10.0. The zero-order valence-corrected chi connectivity index (χ0v) is 12.5. The van der Waals surface area contributed by atoms with Gasteiger partial charge in [-0.3, -0.25) is 4.79 Å². The predicted molar refractivity (Wildman–Crippen MR) is 87.1 cm³/mol. The molecule has 0 unspecified atom stereocenters. The molecule has 4 nitrogen and oxygen atoms in total. The summed E-state index contributed by atoms with van der Waals surface area (Å²) < 4.78 is 5.12. The molecule has 1 heterocycles. The van der Waals surface area contributed by atoms with Crippen LogP contribution in [0.2, 0.25) is 0 Å². The second-order valence-electron chi connectivity index (χ2n) is 5.09. The van der Waals surface area contributed by atoms with E-state index in [1.54, 1.807) is 13.0 Å². The van der Waals surface area contributed by atoms with Crippen molar-refractivity contribution in [1.29, 1.82) is 0 Å². The van der Waals surface area contributed by atoms with E-state index in [0.29, 0.717) is 11.3 Å². The minimum Gasteiger partial charge on any atom is -0.469 e. The Kier molecular flexibility index (Phi) is 3.74. The molecular weight excluding hydrogens is 276 g/mol. The summed E-state index contributed by atoms with van der Waals surface area (Å²) in [6, 6.07) is 15.9. The van der Waals surface area contributed by atoms with Crippen molar-refractivity contribution in [2.24, 2.45) is 5.10 Å². The Hall–Kier alpha value is -2.88. The van der Waals surface area contributed by atoms with Crippen molar-refractivity contribution in [3.05, 3.63) is 71.7 Å². The lowest BCUT2D eigenvalue weighted by Gasteiger charge is -2.04. The van der Waals surface area contributed by atoms with E-state index in [1.807, 2.05) is 31.2 Å². The molecule has 2 aromatic carbocycles. The largest absolute Gasteiger partial charge is 0.469 e. The van der Waals surface area contributed by atoms with E-state index in [0.717, 1.165) is 16.7 Å². The Balaban J connectivity index is 1.81. The molecule has 0 aliphatic carbocycles. The molecule has 1 aromatic heterocycles. The third kappa shape index (κ3) is 2.76. The Bertz CT molecular complexity index is 862. The van der Waals surface area contributed by atoms with Gasteiger partial charge in [0.05, 0.1) is 17.5 Å². The average molecular weight is 292 g/mol. The molecule has 3 rings (SSSR count). The molecule has 0 fully saturated rings. The summed E-state index contributed by atoms with van der Waals surface area (Å²) in [5.41, 5.74) is 4.78. The summed E-state index contributed by atoms with van der Waals surface area (Å²) in [6.07, 6.45) is 1.49. The summed E-state index contributed by atoms with van der Waals surface area (Å²) >= 11 is 0. The number of nitrogens with zero attached hydrogens (tertiary/aromatic N) is 1. The van der Waals surface area contributed by atoms with Crippen LogP contribution in [0.1, 0.15) is 28.6 Å². The number of hydrogen-bond donors (Lipinski definition) is 1. The van der Waals surface area contributed by atoms with Crippen LogP contribution in [0, 0.1) is 6.92 Å². The van der Waals surface area contributed by atoms with Crippen molar-refractivity contribution in [2.75, 3.05) is 0 Å². The molecule has 3 aromatic rings. The number of carbonyl (C=O) groups excluding carboxylic acids is 1. The van der Waals surface area contributed by atoms with Crippen molar-refractivity contribution in [2.45, 2.75) is 13.8 Å². The van der Waals surface area contributed by atoms with Crippen molar-refractivity contribution in [3.63, 3.8) is 0 Å². The van der Waals surface area contributed by atoms with Crippen LogP contribution < -0.4 is 5.43 Å². The van der Waals surface area contributed by atoms with Crippen LogP contribution in [0.4, 0.5) is 0 Å². The molecule has 0 aliphatic heterocycles. The first-order chi connectivity index (χ1) is 10.6. The SMILES string of the molecule is C/C(=N\NC(=O)c1ccoc1C)c1ccc2ccccc2c1. The van der Waals surface area contributed by atoms with Crippen molar-refractivity contribution in [3.8, 4) is 0 Å². The molecular formula is C18H16N2O2. The van der Waals surface area contributed by atoms with Crippen LogP contribution in [0.25, 0.3) is 10.8 Å². The highest BCUT2D eigenvalue weighted by Gasteiger charge is 2.10. The quantitative estimate of drug-likeness (QED) is 0.588. The molecule has 0 saturated heterocycles. The fraction of sp³-hybridized carbons (Fsp3) is 0.111. The van der Waals surface area contributed by atoms with Gasteiger partial charge in [0, 0.05) is 0 Å². The van der Waals surface area contributed by atoms with E-state index >= 15 is 0 Å². The maximum Gasteiger partial charge on any atom is 0.274 e. The summed E-state index contributed by atoms with van der Waals surface area (Å²) in [5, 5.41) is 6.50. The van der Waals surface area contributed by atoms with E-state index in [4.69, 9.17) is 4.42 Å². The number of aryl methyl sites for hydroxylation is 1. The standard InChI is InChI=1S/C18H16N2O2/c1-12(19-20-18(21)17-9-10-22-13(17)2)15-8-7-14-5-3-4-6-16(14)11-15/h3-11H,1-2H3,(H,20,21)/b19-12+. The molecule has 0 saturated carbocycles. The summed E-state index contributed by atoms with van der Waals surface area (Å²) in [6.45, 7) is 3.61.